The molecule has 4 aromatic rings. The predicted octanol–water partition coefficient (Wildman–Crippen LogP) is 2.95. The lowest BCUT2D eigenvalue weighted by atomic mass is 10.1. The molecule has 1 aromatic carbocycles. The Kier molecular flexibility index (Phi) is 2.57. The summed E-state index contributed by atoms with van der Waals surface area (Å²) in [5.41, 5.74) is 3.74. The molecule has 0 aliphatic carbocycles. The van der Waals surface area contributed by atoms with Gasteiger partial charge in [-0.15, -0.1) is 0 Å². The molecule has 0 saturated heterocycles. The summed E-state index contributed by atoms with van der Waals surface area (Å²) in [6.07, 6.45) is 9.03. The van der Waals surface area contributed by atoms with Crippen molar-refractivity contribution in [3.63, 3.8) is 0 Å². The minimum Gasteiger partial charge on any atom is -0.494 e. The second-order valence-electron chi connectivity index (χ2n) is 4.66. The standard InChI is InChI=1S/C16H12N4O/c1-21-14-5-4-11(12-3-2-6-18-16(12)14)13-9-19-15-10-17-7-8-20(13)15/h2-10H,1H3. The summed E-state index contributed by atoms with van der Waals surface area (Å²) in [6.45, 7) is 0. The molecule has 0 bridgehead atoms. The lowest BCUT2D eigenvalue weighted by molar-refractivity contribution is 0.419. The second kappa shape index (κ2) is 4.56. The summed E-state index contributed by atoms with van der Waals surface area (Å²) in [6, 6.07) is 7.94. The Labute approximate surface area is 120 Å². The Bertz CT molecular complexity index is 945. The van der Waals surface area contributed by atoms with Gasteiger partial charge in [0.1, 0.15) is 11.3 Å². The first-order valence-electron chi connectivity index (χ1n) is 6.57. The number of pyridine rings is 1. The number of ether oxygens (including phenoxy) is 1. The Morgan fingerprint density at radius 3 is 2.90 bits per heavy atom. The van der Waals surface area contributed by atoms with Crippen molar-refractivity contribution < 1.29 is 4.74 Å². The van der Waals surface area contributed by atoms with Crippen molar-refractivity contribution in [1.82, 2.24) is 19.4 Å². The average molecular weight is 276 g/mol. The number of rotatable bonds is 2. The van der Waals surface area contributed by atoms with Crippen molar-refractivity contribution in [3.8, 4) is 17.0 Å². The third-order valence-corrected chi connectivity index (χ3v) is 3.55. The number of nitrogens with zero attached hydrogens (tertiary/aromatic N) is 4. The van der Waals surface area contributed by atoms with Crippen molar-refractivity contribution in [1.29, 1.82) is 0 Å². The van der Waals surface area contributed by atoms with Crippen molar-refractivity contribution in [2.75, 3.05) is 7.11 Å². The molecule has 4 rings (SSSR count). The van der Waals surface area contributed by atoms with Crippen LogP contribution in [-0.2, 0) is 0 Å². The van der Waals surface area contributed by atoms with Gasteiger partial charge in [-0.3, -0.25) is 14.4 Å². The highest BCUT2D eigenvalue weighted by molar-refractivity contribution is 5.97. The number of imidazole rings is 1. The first-order chi connectivity index (χ1) is 10.4. The highest BCUT2D eigenvalue weighted by atomic mass is 16.5. The number of fused-ring (bicyclic) bond motifs is 2. The van der Waals surface area contributed by atoms with E-state index in [1.54, 1.807) is 25.7 Å². The third-order valence-electron chi connectivity index (χ3n) is 3.55. The Hall–Kier alpha value is -2.95. The van der Waals surface area contributed by atoms with E-state index in [0.717, 1.165) is 33.6 Å². The maximum atomic E-state index is 5.39. The predicted molar refractivity (Wildman–Crippen MR) is 80.3 cm³/mol. The van der Waals surface area contributed by atoms with Gasteiger partial charge in [0, 0.05) is 29.5 Å². The second-order valence-corrected chi connectivity index (χ2v) is 4.66. The lowest BCUT2D eigenvalue weighted by Crippen LogP contribution is -1.92. The van der Waals surface area contributed by atoms with Crippen molar-refractivity contribution in [2.24, 2.45) is 0 Å². The topological polar surface area (TPSA) is 52.3 Å². The summed E-state index contributed by atoms with van der Waals surface area (Å²) < 4.78 is 7.41. The van der Waals surface area contributed by atoms with Crippen LogP contribution in [0, 0.1) is 0 Å². The normalized spacial score (nSPS) is 11.1. The van der Waals surface area contributed by atoms with E-state index in [2.05, 4.69) is 15.0 Å². The van der Waals surface area contributed by atoms with E-state index >= 15 is 0 Å². The number of aromatic nitrogens is 4. The molecule has 3 aromatic heterocycles. The van der Waals surface area contributed by atoms with Gasteiger partial charge >= 0.3 is 0 Å². The number of benzene rings is 1. The van der Waals surface area contributed by atoms with E-state index in [9.17, 15) is 0 Å². The van der Waals surface area contributed by atoms with E-state index in [1.165, 1.54) is 0 Å². The molecule has 0 amide bonds. The van der Waals surface area contributed by atoms with Crippen LogP contribution < -0.4 is 4.74 Å². The van der Waals surface area contributed by atoms with E-state index in [1.807, 2.05) is 41.1 Å². The van der Waals surface area contributed by atoms with Gasteiger partial charge in [-0.2, -0.15) is 0 Å². The Morgan fingerprint density at radius 1 is 1.05 bits per heavy atom. The molecule has 0 atom stereocenters. The molecule has 0 aliphatic heterocycles. The van der Waals surface area contributed by atoms with Gasteiger partial charge < -0.3 is 4.74 Å². The minimum atomic E-state index is 0.768. The van der Waals surface area contributed by atoms with Gasteiger partial charge in [0.15, 0.2) is 5.65 Å². The fourth-order valence-electron chi connectivity index (χ4n) is 2.58. The van der Waals surface area contributed by atoms with Crippen LogP contribution in [0.3, 0.4) is 0 Å². The van der Waals surface area contributed by atoms with Crippen LogP contribution in [-0.4, -0.2) is 26.5 Å². The van der Waals surface area contributed by atoms with Crippen LogP contribution in [0.1, 0.15) is 0 Å². The summed E-state index contributed by atoms with van der Waals surface area (Å²) in [5, 5.41) is 1.04. The Balaban J connectivity index is 2.07. The van der Waals surface area contributed by atoms with Gasteiger partial charge in [0.2, 0.25) is 0 Å². The first-order valence-corrected chi connectivity index (χ1v) is 6.57. The largest absolute Gasteiger partial charge is 0.494 e. The molecule has 0 unspecified atom stereocenters. The highest BCUT2D eigenvalue weighted by Crippen LogP contribution is 2.33. The Morgan fingerprint density at radius 2 is 2.00 bits per heavy atom. The quantitative estimate of drug-likeness (QED) is 0.565. The molecule has 5 heteroatoms. The minimum absolute atomic E-state index is 0.768. The molecule has 0 radical (unpaired) electrons. The number of hydrogen-bond donors (Lipinski definition) is 0. The molecule has 102 valence electrons. The summed E-state index contributed by atoms with van der Waals surface area (Å²) in [4.78, 5) is 12.9. The smallest absolute Gasteiger partial charge is 0.155 e. The molecule has 21 heavy (non-hydrogen) atoms. The summed E-state index contributed by atoms with van der Waals surface area (Å²) in [5.74, 6) is 0.768. The molecule has 0 aliphatic rings. The fourth-order valence-corrected chi connectivity index (χ4v) is 2.58. The SMILES string of the molecule is COc1ccc(-c2cnc3cnccn23)c2cccnc12. The van der Waals surface area contributed by atoms with Gasteiger partial charge in [-0.05, 0) is 18.2 Å². The monoisotopic (exact) mass is 276 g/mol. The van der Waals surface area contributed by atoms with E-state index < -0.39 is 0 Å². The zero-order chi connectivity index (χ0) is 14.2. The van der Waals surface area contributed by atoms with Crippen LogP contribution in [0.4, 0.5) is 0 Å². The van der Waals surface area contributed by atoms with Gasteiger partial charge in [-0.25, -0.2) is 4.98 Å². The van der Waals surface area contributed by atoms with Gasteiger partial charge in [0.25, 0.3) is 0 Å². The average Bonchev–Trinajstić information content (AvgIpc) is 2.98. The number of hydrogen-bond acceptors (Lipinski definition) is 4. The van der Waals surface area contributed by atoms with Crippen LogP contribution in [0.2, 0.25) is 0 Å². The maximum Gasteiger partial charge on any atom is 0.155 e. The summed E-state index contributed by atoms with van der Waals surface area (Å²) in [7, 11) is 1.66. The first kappa shape index (κ1) is 11.8. The van der Waals surface area contributed by atoms with Crippen molar-refractivity contribution in [2.45, 2.75) is 0 Å². The molecule has 0 saturated carbocycles. The molecular weight excluding hydrogens is 264 g/mol. The van der Waals surface area contributed by atoms with E-state index in [4.69, 9.17) is 4.74 Å². The molecule has 0 N–H and O–H groups in total. The molecule has 0 spiro atoms. The van der Waals surface area contributed by atoms with Gasteiger partial charge in [0.05, 0.1) is 25.2 Å². The number of methoxy groups -OCH3 is 1. The fraction of sp³-hybridized carbons (Fsp3) is 0.0625. The van der Waals surface area contributed by atoms with Crippen LogP contribution in [0.15, 0.2) is 55.2 Å². The molecular formula is C16H12N4O. The maximum absolute atomic E-state index is 5.39. The zero-order valence-electron chi connectivity index (χ0n) is 11.4. The summed E-state index contributed by atoms with van der Waals surface area (Å²) >= 11 is 0. The highest BCUT2D eigenvalue weighted by Gasteiger charge is 2.12. The third kappa shape index (κ3) is 1.74. The lowest BCUT2D eigenvalue weighted by Gasteiger charge is -2.09. The van der Waals surface area contributed by atoms with Crippen molar-refractivity contribution >= 4 is 16.6 Å². The van der Waals surface area contributed by atoms with Crippen LogP contribution in [0.5, 0.6) is 5.75 Å². The van der Waals surface area contributed by atoms with Crippen molar-refractivity contribution in [3.05, 3.63) is 55.2 Å². The van der Waals surface area contributed by atoms with Gasteiger partial charge in [-0.1, -0.05) is 6.07 Å². The molecule has 0 fully saturated rings. The van der Waals surface area contributed by atoms with E-state index in [0.29, 0.717) is 0 Å². The van der Waals surface area contributed by atoms with E-state index in [-0.39, 0.29) is 0 Å². The molecule has 5 nitrogen and oxygen atoms in total. The van der Waals surface area contributed by atoms with Crippen LogP contribution >= 0.6 is 0 Å². The molecule has 3 heterocycles. The zero-order valence-corrected chi connectivity index (χ0v) is 11.4. The van der Waals surface area contributed by atoms with Crippen LogP contribution in [0.25, 0.3) is 27.8 Å².